The zero-order valence-electron chi connectivity index (χ0n) is 15.9. The van der Waals surface area contributed by atoms with Gasteiger partial charge in [0.1, 0.15) is 0 Å². The predicted molar refractivity (Wildman–Crippen MR) is 117 cm³/mol. The van der Waals surface area contributed by atoms with Crippen LogP contribution in [0.5, 0.6) is 0 Å². The maximum atomic E-state index is 2.45. The number of fused-ring (bicyclic) bond motifs is 1. The Bertz CT molecular complexity index is 721. The number of halogens is 1. The summed E-state index contributed by atoms with van der Waals surface area (Å²) in [5.41, 5.74) is 5.48. The Morgan fingerprint density at radius 3 is 2.46 bits per heavy atom. The number of nitrogens with zero attached hydrogens (tertiary/aromatic N) is 2. The summed E-state index contributed by atoms with van der Waals surface area (Å²) in [6.45, 7) is 9.01. The van der Waals surface area contributed by atoms with Gasteiger partial charge in [-0.3, -0.25) is 0 Å². The first-order valence-corrected chi connectivity index (χ1v) is 10.3. The van der Waals surface area contributed by atoms with Gasteiger partial charge in [-0.25, -0.2) is 0 Å². The molecule has 0 aliphatic carbocycles. The first-order chi connectivity index (χ1) is 11.2. The van der Waals surface area contributed by atoms with Gasteiger partial charge in [-0.15, -0.1) is 0 Å². The topological polar surface area (TPSA) is 6.48 Å². The molecule has 0 bridgehead atoms. The molecule has 1 aliphatic rings. The minimum absolute atomic E-state index is 0.114. The van der Waals surface area contributed by atoms with Crippen molar-refractivity contribution < 1.29 is 0 Å². The van der Waals surface area contributed by atoms with E-state index in [9.17, 15) is 0 Å². The van der Waals surface area contributed by atoms with Crippen molar-refractivity contribution in [2.75, 3.05) is 24.3 Å². The molecule has 0 saturated heterocycles. The Balaban J connectivity index is 2.27. The zero-order chi connectivity index (χ0) is 17.9. The van der Waals surface area contributed by atoms with E-state index >= 15 is 0 Å². The van der Waals surface area contributed by atoms with Gasteiger partial charge >= 0.3 is 0 Å². The maximum absolute atomic E-state index is 2.45. The highest BCUT2D eigenvalue weighted by Crippen LogP contribution is 2.42. The van der Waals surface area contributed by atoms with Crippen LogP contribution >= 0.6 is 21.0 Å². The second-order valence-electron chi connectivity index (χ2n) is 7.00. The van der Waals surface area contributed by atoms with Crippen LogP contribution in [-0.2, 0) is 5.41 Å². The lowest BCUT2D eigenvalue weighted by Gasteiger charge is -2.36. The lowest BCUT2D eigenvalue weighted by Crippen LogP contribution is -2.32. The van der Waals surface area contributed by atoms with Crippen LogP contribution in [0, 0.1) is 0 Å². The van der Waals surface area contributed by atoms with Gasteiger partial charge < -0.3 is 8.01 Å². The predicted octanol–water partition coefficient (Wildman–Crippen LogP) is 5.44. The molecular formula is C21H29IN2. The fourth-order valence-electron chi connectivity index (χ4n) is 2.59. The molecule has 1 aromatic carbocycles. The Labute approximate surface area is 157 Å². The third kappa shape index (κ3) is 4.18. The van der Waals surface area contributed by atoms with Crippen molar-refractivity contribution in [3.05, 3.63) is 65.4 Å². The molecule has 1 heterocycles. The van der Waals surface area contributed by atoms with E-state index in [1.54, 1.807) is 3.51 Å². The molecule has 0 radical (unpaired) electrons. The number of allylic oxidation sites excluding steroid dienone is 6. The highest BCUT2D eigenvalue weighted by molar-refractivity contribution is 14.2. The van der Waals surface area contributed by atoms with E-state index in [1.807, 2.05) is 0 Å². The third-order valence-electron chi connectivity index (χ3n) is 4.51. The summed E-state index contributed by atoms with van der Waals surface area (Å²) in [6.07, 6.45) is 8.98. The van der Waals surface area contributed by atoms with Crippen LogP contribution in [0.15, 0.2) is 59.8 Å². The van der Waals surface area contributed by atoms with Crippen LogP contribution in [0.25, 0.3) is 0 Å². The van der Waals surface area contributed by atoms with Crippen LogP contribution in [-0.4, -0.2) is 29.6 Å². The summed E-state index contributed by atoms with van der Waals surface area (Å²) in [5.74, 6) is 0. The molecule has 2 rings (SSSR count). The molecule has 0 N–H and O–H groups in total. The number of para-hydroxylation sites is 1. The van der Waals surface area contributed by atoms with Crippen molar-refractivity contribution in [3.63, 3.8) is 0 Å². The normalized spacial score (nSPS) is 18.1. The van der Waals surface area contributed by atoms with Crippen molar-refractivity contribution >= 4 is 30.2 Å². The molecule has 2 nitrogen and oxygen atoms in total. The molecular weight excluding hydrogens is 407 g/mol. The van der Waals surface area contributed by atoms with E-state index < -0.39 is 0 Å². The fraction of sp³-hybridized carbons (Fsp3) is 0.381. The average Bonchev–Trinajstić information content (AvgIpc) is 2.54. The first-order valence-electron chi connectivity index (χ1n) is 8.30. The number of hydrogen-bond acceptors (Lipinski definition) is 2. The van der Waals surface area contributed by atoms with E-state index in [0.717, 1.165) is 0 Å². The lowest BCUT2D eigenvalue weighted by molar-refractivity contribution is 0.514. The van der Waals surface area contributed by atoms with Crippen molar-refractivity contribution in [1.82, 2.24) is 4.90 Å². The van der Waals surface area contributed by atoms with Crippen molar-refractivity contribution in [3.8, 4) is 0 Å². The summed E-state index contributed by atoms with van der Waals surface area (Å²) in [6, 6.07) is 8.81. The first kappa shape index (κ1) is 19.0. The molecule has 0 amide bonds. The van der Waals surface area contributed by atoms with Crippen LogP contribution in [0.3, 0.4) is 0 Å². The Morgan fingerprint density at radius 1 is 1.12 bits per heavy atom. The molecule has 1 aliphatic heterocycles. The van der Waals surface area contributed by atoms with Gasteiger partial charge in [-0.05, 0) is 31.6 Å². The van der Waals surface area contributed by atoms with Gasteiger partial charge in [0.15, 0.2) is 0 Å². The fourth-order valence-corrected chi connectivity index (χ4v) is 5.28. The standard InChI is InChI=1S/C21H29IN2/c1-16(12-14-17(2)23(5)6)13-15-20-21(3,4)18-10-8-9-11-19(18)24(7)22-20/h8-15H,1-7H3/b15-13+,16-12+,17-14+. The minimum atomic E-state index is -0.145. The van der Waals surface area contributed by atoms with Crippen molar-refractivity contribution in [2.45, 2.75) is 33.1 Å². The van der Waals surface area contributed by atoms with Crippen molar-refractivity contribution in [2.24, 2.45) is 0 Å². The highest BCUT2D eigenvalue weighted by atomic mass is 127. The summed E-state index contributed by atoms with van der Waals surface area (Å²) in [4.78, 5) is 2.13. The number of benzene rings is 1. The smallest absolute Gasteiger partial charge is 0.0490 e. The second-order valence-corrected chi connectivity index (χ2v) is 10.1. The van der Waals surface area contributed by atoms with E-state index in [0.29, 0.717) is 0 Å². The van der Waals surface area contributed by atoms with Gasteiger partial charge in [0.05, 0.1) is 0 Å². The van der Waals surface area contributed by atoms with Crippen LogP contribution < -0.4 is 3.11 Å². The maximum Gasteiger partial charge on any atom is 0.0490 e. The lowest BCUT2D eigenvalue weighted by atomic mass is 9.80. The Morgan fingerprint density at radius 2 is 1.79 bits per heavy atom. The molecule has 24 heavy (non-hydrogen) atoms. The van der Waals surface area contributed by atoms with Crippen LogP contribution in [0.2, 0.25) is 0 Å². The van der Waals surface area contributed by atoms with Crippen molar-refractivity contribution in [1.29, 1.82) is 0 Å². The molecule has 0 saturated carbocycles. The SMILES string of the molecule is CC(/C=C/C1=IN(C)c2ccccc2C1(C)C)=C\C=C(/C)N(C)C. The molecule has 3 heteroatoms. The zero-order valence-corrected chi connectivity index (χ0v) is 18.0. The molecule has 0 spiro atoms. The summed E-state index contributed by atoms with van der Waals surface area (Å²) in [7, 11) is 6.37. The summed E-state index contributed by atoms with van der Waals surface area (Å²) in [5, 5.41) is 0. The van der Waals surface area contributed by atoms with Gasteiger partial charge in [0.2, 0.25) is 0 Å². The van der Waals surface area contributed by atoms with E-state index in [4.69, 9.17) is 0 Å². The number of hydrogen-bond donors (Lipinski definition) is 0. The van der Waals surface area contributed by atoms with Gasteiger partial charge in [-0.2, -0.15) is 0 Å². The molecule has 0 unspecified atom stereocenters. The minimum Gasteiger partial charge on any atom is -0.381 e. The molecule has 130 valence electrons. The monoisotopic (exact) mass is 436 g/mol. The largest absolute Gasteiger partial charge is 0.381 e. The van der Waals surface area contributed by atoms with Crippen LogP contribution in [0.4, 0.5) is 5.69 Å². The van der Waals surface area contributed by atoms with Gasteiger partial charge in [-0.1, -0.05) is 55.8 Å². The van der Waals surface area contributed by atoms with Gasteiger partial charge in [0, 0.05) is 62.5 Å². The van der Waals surface area contributed by atoms with Crippen LogP contribution in [0.1, 0.15) is 33.3 Å². The Hall–Kier alpha value is -1.36. The van der Waals surface area contributed by atoms with E-state index in [-0.39, 0.29) is 26.4 Å². The Kier molecular flexibility index (Phi) is 6.07. The number of rotatable bonds is 4. The molecule has 0 fully saturated rings. The molecule has 1 aromatic rings. The summed E-state index contributed by atoms with van der Waals surface area (Å²) < 4.78 is 4.01. The molecule has 0 atom stereocenters. The molecule has 0 aromatic heterocycles. The number of anilines is 1. The second kappa shape index (κ2) is 7.68. The van der Waals surface area contributed by atoms with Gasteiger partial charge in [0.25, 0.3) is 0 Å². The summed E-state index contributed by atoms with van der Waals surface area (Å²) >= 11 is -0.145. The quantitative estimate of drug-likeness (QED) is 0.352. The highest BCUT2D eigenvalue weighted by Gasteiger charge is 2.32. The third-order valence-corrected chi connectivity index (χ3v) is 7.98. The van der Waals surface area contributed by atoms with E-state index in [1.165, 1.54) is 22.5 Å². The van der Waals surface area contributed by atoms with E-state index in [2.05, 4.69) is 105 Å². The average molecular weight is 436 g/mol.